The Labute approximate surface area is 142 Å². The first-order chi connectivity index (χ1) is 11.7. The van der Waals surface area contributed by atoms with Crippen LogP contribution in [-0.4, -0.2) is 44.8 Å². The molecule has 0 aliphatic carbocycles. The first kappa shape index (κ1) is 17.7. The average Bonchev–Trinajstić information content (AvgIpc) is 2.63. The van der Waals surface area contributed by atoms with Gasteiger partial charge in [-0.3, -0.25) is 4.79 Å². The number of carbonyl (C=O) groups excluding carboxylic acids is 1. The summed E-state index contributed by atoms with van der Waals surface area (Å²) >= 11 is 0. The van der Waals surface area contributed by atoms with Gasteiger partial charge in [0.1, 0.15) is 11.4 Å². The van der Waals surface area contributed by atoms with Crippen molar-refractivity contribution < 1.29 is 14.3 Å². The molecule has 0 atom stereocenters. The van der Waals surface area contributed by atoms with E-state index in [-0.39, 0.29) is 5.91 Å². The molecule has 128 valence electrons. The Hall–Kier alpha value is -2.60. The van der Waals surface area contributed by atoms with E-state index in [1.54, 1.807) is 26.5 Å². The normalized spacial score (nSPS) is 10.2. The predicted molar refractivity (Wildman–Crippen MR) is 93.6 cm³/mol. The fourth-order valence-corrected chi connectivity index (χ4v) is 2.13. The Balaban J connectivity index is 1.77. The Bertz CT molecular complexity index is 627. The molecule has 24 heavy (non-hydrogen) atoms. The molecule has 1 amide bonds. The van der Waals surface area contributed by atoms with Gasteiger partial charge in [-0.15, -0.1) is 0 Å². The lowest BCUT2D eigenvalue weighted by Crippen LogP contribution is -2.27. The van der Waals surface area contributed by atoms with Crippen LogP contribution >= 0.6 is 0 Å². The first-order valence-corrected chi connectivity index (χ1v) is 7.83. The maximum Gasteiger partial charge on any atom is 0.269 e. The Morgan fingerprint density at radius 2 is 1.88 bits per heavy atom. The van der Waals surface area contributed by atoms with Crippen molar-refractivity contribution in [2.24, 2.45) is 0 Å². The molecule has 0 bridgehead atoms. The maximum atomic E-state index is 11.8. The molecule has 2 aromatic rings. The zero-order chi connectivity index (χ0) is 17.2. The van der Waals surface area contributed by atoms with Crippen LogP contribution in [-0.2, 0) is 11.2 Å². The number of amides is 1. The van der Waals surface area contributed by atoms with Crippen molar-refractivity contribution in [1.29, 1.82) is 0 Å². The highest BCUT2D eigenvalue weighted by atomic mass is 16.5. The number of carbonyl (C=O) groups is 1. The van der Waals surface area contributed by atoms with Crippen LogP contribution in [0.3, 0.4) is 0 Å². The third kappa shape index (κ3) is 5.55. The molecule has 6 nitrogen and oxygen atoms in total. The van der Waals surface area contributed by atoms with Crippen LogP contribution in [0.5, 0.6) is 5.75 Å². The van der Waals surface area contributed by atoms with Crippen molar-refractivity contribution >= 4 is 11.6 Å². The lowest BCUT2D eigenvalue weighted by Gasteiger charge is -2.08. The van der Waals surface area contributed by atoms with Gasteiger partial charge in [-0.2, -0.15) is 0 Å². The minimum Gasteiger partial charge on any atom is -0.497 e. The van der Waals surface area contributed by atoms with Crippen molar-refractivity contribution in [3.63, 3.8) is 0 Å². The second-order valence-corrected chi connectivity index (χ2v) is 5.21. The van der Waals surface area contributed by atoms with Crippen LogP contribution in [0.25, 0.3) is 0 Å². The molecular formula is C18H23N3O3. The highest BCUT2D eigenvalue weighted by molar-refractivity contribution is 5.92. The SMILES string of the molecule is COCCNC(=O)c1ccc(NCCc2ccc(OC)cc2)cn1. The van der Waals surface area contributed by atoms with Crippen molar-refractivity contribution in [1.82, 2.24) is 10.3 Å². The van der Waals surface area contributed by atoms with Gasteiger partial charge < -0.3 is 20.1 Å². The summed E-state index contributed by atoms with van der Waals surface area (Å²) < 4.78 is 10.0. The van der Waals surface area contributed by atoms with Crippen LogP contribution in [0.4, 0.5) is 5.69 Å². The molecule has 2 N–H and O–H groups in total. The zero-order valence-electron chi connectivity index (χ0n) is 14.0. The van der Waals surface area contributed by atoms with E-state index in [0.29, 0.717) is 18.8 Å². The lowest BCUT2D eigenvalue weighted by molar-refractivity contribution is 0.0932. The number of pyridine rings is 1. The van der Waals surface area contributed by atoms with Crippen LogP contribution in [0.2, 0.25) is 0 Å². The van der Waals surface area contributed by atoms with E-state index in [1.807, 2.05) is 30.3 Å². The summed E-state index contributed by atoms with van der Waals surface area (Å²) in [5, 5.41) is 6.03. The molecule has 0 radical (unpaired) electrons. The fourth-order valence-electron chi connectivity index (χ4n) is 2.13. The third-order valence-corrected chi connectivity index (χ3v) is 3.49. The molecule has 1 aromatic carbocycles. The Morgan fingerprint density at radius 1 is 1.08 bits per heavy atom. The minimum atomic E-state index is -0.197. The summed E-state index contributed by atoms with van der Waals surface area (Å²) in [6, 6.07) is 11.6. The number of hydrogen-bond acceptors (Lipinski definition) is 5. The lowest BCUT2D eigenvalue weighted by atomic mass is 10.1. The quantitative estimate of drug-likeness (QED) is 0.690. The van der Waals surface area contributed by atoms with Gasteiger partial charge in [0.2, 0.25) is 0 Å². The Morgan fingerprint density at radius 3 is 2.50 bits per heavy atom. The van der Waals surface area contributed by atoms with Crippen molar-refractivity contribution in [2.45, 2.75) is 6.42 Å². The molecule has 0 saturated heterocycles. The number of hydrogen-bond donors (Lipinski definition) is 2. The molecule has 0 spiro atoms. The number of ether oxygens (including phenoxy) is 2. The van der Waals surface area contributed by atoms with Gasteiger partial charge in [0.25, 0.3) is 5.91 Å². The largest absolute Gasteiger partial charge is 0.497 e. The maximum absolute atomic E-state index is 11.8. The molecule has 0 aliphatic rings. The summed E-state index contributed by atoms with van der Waals surface area (Å²) in [5.74, 6) is 0.659. The minimum absolute atomic E-state index is 0.197. The number of aromatic nitrogens is 1. The fraction of sp³-hybridized carbons (Fsp3) is 0.333. The monoisotopic (exact) mass is 329 g/mol. The van der Waals surface area contributed by atoms with E-state index in [0.717, 1.165) is 24.4 Å². The molecule has 2 rings (SSSR count). The molecular weight excluding hydrogens is 306 g/mol. The number of methoxy groups -OCH3 is 2. The third-order valence-electron chi connectivity index (χ3n) is 3.49. The molecule has 0 aliphatic heterocycles. The Kier molecular flexibility index (Phi) is 7.04. The van der Waals surface area contributed by atoms with Crippen LogP contribution in [0, 0.1) is 0 Å². The number of benzene rings is 1. The van der Waals surface area contributed by atoms with Crippen LogP contribution < -0.4 is 15.4 Å². The van der Waals surface area contributed by atoms with Gasteiger partial charge in [-0.1, -0.05) is 12.1 Å². The smallest absolute Gasteiger partial charge is 0.269 e. The van der Waals surface area contributed by atoms with Crippen LogP contribution in [0.15, 0.2) is 42.6 Å². The highest BCUT2D eigenvalue weighted by Crippen LogP contribution is 2.12. The molecule has 0 saturated carbocycles. The summed E-state index contributed by atoms with van der Waals surface area (Å²) in [5.41, 5.74) is 2.51. The van der Waals surface area contributed by atoms with E-state index in [2.05, 4.69) is 15.6 Å². The van der Waals surface area contributed by atoms with Gasteiger partial charge in [-0.05, 0) is 36.2 Å². The van der Waals surface area contributed by atoms with Crippen molar-refractivity contribution in [3.8, 4) is 5.75 Å². The molecule has 0 unspecified atom stereocenters. The second-order valence-electron chi connectivity index (χ2n) is 5.21. The molecule has 1 heterocycles. The number of anilines is 1. The van der Waals surface area contributed by atoms with E-state index >= 15 is 0 Å². The predicted octanol–water partition coefficient (Wildman–Crippen LogP) is 2.12. The summed E-state index contributed by atoms with van der Waals surface area (Å²) in [4.78, 5) is 16.0. The first-order valence-electron chi connectivity index (χ1n) is 7.83. The number of nitrogens with one attached hydrogen (secondary N) is 2. The standard InChI is InChI=1S/C18H23N3O3/c1-23-12-11-20-18(22)17-8-5-15(13-21-17)19-10-9-14-3-6-16(24-2)7-4-14/h3-8,13,19H,9-12H2,1-2H3,(H,20,22). The van der Waals surface area contributed by atoms with Gasteiger partial charge >= 0.3 is 0 Å². The van der Waals surface area contributed by atoms with Crippen molar-refractivity contribution in [2.75, 3.05) is 39.2 Å². The van der Waals surface area contributed by atoms with Gasteiger partial charge in [0.15, 0.2) is 0 Å². The van der Waals surface area contributed by atoms with E-state index in [4.69, 9.17) is 9.47 Å². The van der Waals surface area contributed by atoms with E-state index in [1.165, 1.54) is 5.56 Å². The summed E-state index contributed by atoms with van der Waals surface area (Å²) in [6.45, 7) is 1.74. The average molecular weight is 329 g/mol. The van der Waals surface area contributed by atoms with Gasteiger partial charge in [0, 0.05) is 20.2 Å². The number of nitrogens with zero attached hydrogens (tertiary/aromatic N) is 1. The van der Waals surface area contributed by atoms with Crippen LogP contribution in [0.1, 0.15) is 16.1 Å². The molecule has 6 heteroatoms. The van der Waals surface area contributed by atoms with E-state index in [9.17, 15) is 4.79 Å². The summed E-state index contributed by atoms with van der Waals surface area (Å²) in [6.07, 6.45) is 2.56. The zero-order valence-corrected chi connectivity index (χ0v) is 14.0. The molecule has 0 fully saturated rings. The van der Waals surface area contributed by atoms with Gasteiger partial charge in [-0.25, -0.2) is 4.98 Å². The second kappa shape index (κ2) is 9.52. The molecule has 1 aromatic heterocycles. The summed E-state index contributed by atoms with van der Waals surface area (Å²) in [7, 11) is 3.25. The van der Waals surface area contributed by atoms with Crippen molar-refractivity contribution in [3.05, 3.63) is 53.9 Å². The van der Waals surface area contributed by atoms with Gasteiger partial charge in [0.05, 0.1) is 25.6 Å². The topological polar surface area (TPSA) is 72.5 Å². The highest BCUT2D eigenvalue weighted by Gasteiger charge is 2.06. The van der Waals surface area contributed by atoms with E-state index < -0.39 is 0 Å². The number of rotatable bonds is 9.